The first-order valence-corrected chi connectivity index (χ1v) is 11.6. The average molecular weight is 333 g/mol. The molecular formula is C18H40O3Si. The van der Waals surface area contributed by atoms with E-state index in [9.17, 15) is 0 Å². The molecule has 0 saturated heterocycles. The van der Waals surface area contributed by atoms with Crippen molar-refractivity contribution in [1.29, 1.82) is 0 Å². The van der Waals surface area contributed by atoms with Crippen molar-refractivity contribution in [3.8, 4) is 0 Å². The van der Waals surface area contributed by atoms with Crippen LogP contribution in [-0.2, 0) is 13.3 Å². The second-order valence-corrected chi connectivity index (χ2v) is 8.65. The highest BCUT2D eigenvalue weighted by molar-refractivity contribution is 6.60. The lowest BCUT2D eigenvalue weighted by molar-refractivity contribution is 0.0706. The number of hydrogen-bond donors (Lipinski definition) is 0. The summed E-state index contributed by atoms with van der Waals surface area (Å²) in [5, 5.41) is 0. The van der Waals surface area contributed by atoms with Crippen LogP contribution in [-0.4, -0.2) is 28.6 Å². The van der Waals surface area contributed by atoms with E-state index in [0.717, 1.165) is 6.04 Å². The van der Waals surface area contributed by atoms with Gasteiger partial charge in [0, 0.05) is 25.9 Å². The molecule has 3 nitrogen and oxygen atoms in total. The lowest BCUT2D eigenvalue weighted by Gasteiger charge is -2.28. The van der Waals surface area contributed by atoms with Crippen molar-refractivity contribution in [2.75, 3.05) is 19.8 Å². The normalized spacial score (nSPS) is 12.0. The summed E-state index contributed by atoms with van der Waals surface area (Å²) >= 11 is 0. The Morgan fingerprint density at radius 1 is 0.500 bits per heavy atom. The molecule has 0 spiro atoms. The van der Waals surface area contributed by atoms with E-state index in [0.29, 0.717) is 19.8 Å². The quantitative estimate of drug-likeness (QED) is 0.243. The van der Waals surface area contributed by atoms with Gasteiger partial charge in [-0.05, 0) is 27.2 Å². The fourth-order valence-corrected chi connectivity index (χ4v) is 5.52. The van der Waals surface area contributed by atoms with E-state index in [4.69, 9.17) is 13.3 Å². The largest absolute Gasteiger partial charge is 0.500 e. The van der Waals surface area contributed by atoms with E-state index >= 15 is 0 Å². The minimum Gasteiger partial charge on any atom is -0.374 e. The van der Waals surface area contributed by atoms with Crippen LogP contribution >= 0.6 is 0 Å². The molecule has 4 heteroatoms. The van der Waals surface area contributed by atoms with E-state index in [1.54, 1.807) is 0 Å². The van der Waals surface area contributed by atoms with Crippen molar-refractivity contribution in [1.82, 2.24) is 0 Å². The van der Waals surface area contributed by atoms with Crippen molar-refractivity contribution in [2.24, 2.45) is 0 Å². The first-order valence-electron chi connectivity index (χ1n) is 9.66. The summed E-state index contributed by atoms with van der Waals surface area (Å²) in [5.74, 6) is 0. The first kappa shape index (κ1) is 22.1. The Balaban J connectivity index is 3.70. The van der Waals surface area contributed by atoms with Gasteiger partial charge >= 0.3 is 8.80 Å². The first-order chi connectivity index (χ1) is 10.7. The monoisotopic (exact) mass is 332 g/mol. The summed E-state index contributed by atoms with van der Waals surface area (Å²) in [4.78, 5) is 0. The summed E-state index contributed by atoms with van der Waals surface area (Å²) in [5.41, 5.74) is 0. The molecular weight excluding hydrogens is 292 g/mol. The summed E-state index contributed by atoms with van der Waals surface area (Å²) in [6, 6.07) is 0.971. The molecule has 0 rings (SSSR count). The second kappa shape index (κ2) is 16.0. The Bertz CT molecular complexity index is 207. The Morgan fingerprint density at radius 2 is 0.864 bits per heavy atom. The van der Waals surface area contributed by atoms with Crippen molar-refractivity contribution >= 4 is 8.80 Å². The summed E-state index contributed by atoms with van der Waals surface area (Å²) in [7, 11) is -2.39. The molecule has 0 aromatic carbocycles. The highest BCUT2D eigenvalue weighted by atomic mass is 28.4. The standard InChI is InChI=1S/C18H40O3Si/c1-5-9-10-11-12-13-14-15-16-17-18-22(19-6-2,20-7-3)21-8-4/h5-18H2,1-4H3. The molecule has 0 saturated carbocycles. The zero-order valence-electron chi connectivity index (χ0n) is 15.6. The Labute approximate surface area is 140 Å². The summed E-state index contributed by atoms with van der Waals surface area (Å²) < 4.78 is 17.7. The zero-order chi connectivity index (χ0) is 16.5. The average Bonchev–Trinajstić information content (AvgIpc) is 2.50. The van der Waals surface area contributed by atoms with Crippen LogP contribution in [0, 0.1) is 0 Å². The molecule has 0 atom stereocenters. The molecule has 134 valence electrons. The van der Waals surface area contributed by atoms with Gasteiger partial charge in [0.05, 0.1) is 0 Å². The van der Waals surface area contributed by atoms with E-state index in [1.165, 1.54) is 64.2 Å². The van der Waals surface area contributed by atoms with Crippen LogP contribution in [0.2, 0.25) is 6.04 Å². The molecule has 22 heavy (non-hydrogen) atoms. The van der Waals surface area contributed by atoms with Crippen LogP contribution in [0.5, 0.6) is 0 Å². The van der Waals surface area contributed by atoms with E-state index in [-0.39, 0.29) is 0 Å². The van der Waals surface area contributed by atoms with Crippen LogP contribution in [0.1, 0.15) is 91.9 Å². The number of unbranched alkanes of at least 4 members (excludes halogenated alkanes) is 9. The summed E-state index contributed by atoms with van der Waals surface area (Å²) in [6.07, 6.45) is 13.5. The van der Waals surface area contributed by atoms with E-state index < -0.39 is 8.80 Å². The van der Waals surface area contributed by atoms with E-state index in [2.05, 4.69) is 6.92 Å². The molecule has 0 heterocycles. The van der Waals surface area contributed by atoms with Crippen LogP contribution < -0.4 is 0 Å². The lowest BCUT2D eigenvalue weighted by Crippen LogP contribution is -2.45. The minimum absolute atomic E-state index is 0.685. The maximum Gasteiger partial charge on any atom is 0.500 e. The molecule has 0 amide bonds. The number of hydrogen-bond acceptors (Lipinski definition) is 3. The van der Waals surface area contributed by atoms with Crippen LogP contribution in [0.4, 0.5) is 0 Å². The molecule has 0 unspecified atom stereocenters. The molecule has 0 aliphatic carbocycles. The van der Waals surface area contributed by atoms with Crippen LogP contribution in [0.3, 0.4) is 0 Å². The maximum atomic E-state index is 5.89. The van der Waals surface area contributed by atoms with Gasteiger partial charge in [0.25, 0.3) is 0 Å². The number of rotatable bonds is 17. The molecule has 0 fully saturated rings. The summed E-state index contributed by atoms with van der Waals surface area (Å²) in [6.45, 7) is 10.4. The predicted octanol–water partition coefficient (Wildman–Crippen LogP) is 5.96. The van der Waals surface area contributed by atoms with Gasteiger partial charge in [-0.25, -0.2) is 0 Å². The molecule has 0 radical (unpaired) electrons. The third-order valence-electron chi connectivity index (χ3n) is 3.93. The van der Waals surface area contributed by atoms with Gasteiger partial charge in [-0.1, -0.05) is 64.7 Å². The minimum atomic E-state index is -2.39. The van der Waals surface area contributed by atoms with Gasteiger partial charge in [-0.2, -0.15) is 0 Å². The molecule has 0 bridgehead atoms. The lowest BCUT2D eigenvalue weighted by atomic mass is 10.1. The Kier molecular flexibility index (Phi) is 16.0. The third-order valence-corrected chi connectivity index (χ3v) is 7.08. The van der Waals surface area contributed by atoms with Crippen LogP contribution in [0.15, 0.2) is 0 Å². The molecule has 0 aromatic rings. The molecule has 0 aliphatic rings. The fourth-order valence-electron chi connectivity index (χ4n) is 2.83. The fraction of sp³-hybridized carbons (Fsp3) is 1.00. The van der Waals surface area contributed by atoms with Gasteiger partial charge in [-0.15, -0.1) is 0 Å². The Hall–Kier alpha value is 0.0969. The molecule has 0 aromatic heterocycles. The topological polar surface area (TPSA) is 27.7 Å². The third kappa shape index (κ3) is 11.6. The molecule has 0 N–H and O–H groups in total. The SMILES string of the molecule is CCCCCCCCCCCC[Si](OCC)(OCC)OCC. The van der Waals surface area contributed by atoms with Crippen molar-refractivity contribution < 1.29 is 13.3 Å². The van der Waals surface area contributed by atoms with Crippen molar-refractivity contribution in [3.05, 3.63) is 0 Å². The van der Waals surface area contributed by atoms with Gasteiger partial charge in [0.1, 0.15) is 0 Å². The predicted molar refractivity (Wildman–Crippen MR) is 97.3 cm³/mol. The van der Waals surface area contributed by atoms with Gasteiger partial charge in [0.2, 0.25) is 0 Å². The van der Waals surface area contributed by atoms with Gasteiger partial charge in [-0.3, -0.25) is 0 Å². The van der Waals surface area contributed by atoms with Crippen LogP contribution in [0.25, 0.3) is 0 Å². The van der Waals surface area contributed by atoms with Crippen molar-refractivity contribution in [2.45, 2.75) is 97.9 Å². The van der Waals surface area contributed by atoms with Gasteiger partial charge in [0.15, 0.2) is 0 Å². The maximum absolute atomic E-state index is 5.89. The smallest absolute Gasteiger partial charge is 0.374 e. The highest BCUT2D eigenvalue weighted by Gasteiger charge is 2.39. The van der Waals surface area contributed by atoms with E-state index in [1.807, 2.05) is 20.8 Å². The zero-order valence-corrected chi connectivity index (χ0v) is 16.6. The Morgan fingerprint density at radius 3 is 1.23 bits per heavy atom. The second-order valence-electron chi connectivity index (χ2n) is 5.91. The highest BCUT2D eigenvalue weighted by Crippen LogP contribution is 2.20. The van der Waals surface area contributed by atoms with Gasteiger partial charge < -0.3 is 13.3 Å². The molecule has 0 aliphatic heterocycles. The van der Waals surface area contributed by atoms with Crippen molar-refractivity contribution in [3.63, 3.8) is 0 Å².